The highest BCUT2D eigenvalue weighted by Gasteiger charge is 2.27. The predicted octanol–water partition coefficient (Wildman–Crippen LogP) is 1.44. The molecule has 13 heavy (non-hydrogen) atoms. The molecular formula is C10H16N2O. The quantitative estimate of drug-likeness (QED) is 0.710. The van der Waals surface area contributed by atoms with Crippen LogP contribution in [-0.2, 0) is 7.05 Å². The van der Waals surface area contributed by atoms with Crippen molar-refractivity contribution in [1.82, 2.24) is 9.55 Å². The highest BCUT2D eigenvalue weighted by atomic mass is 16.3. The Kier molecular flexibility index (Phi) is 2.36. The Bertz CT molecular complexity index is 282. The topological polar surface area (TPSA) is 38.0 Å². The fraction of sp³-hybridized carbons (Fsp3) is 0.700. The molecule has 1 saturated carbocycles. The van der Waals surface area contributed by atoms with E-state index in [1.165, 1.54) is 6.42 Å². The van der Waals surface area contributed by atoms with Crippen molar-refractivity contribution in [3.8, 4) is 0 Å². The summed E-state index contributed by atoms with van der Waals surface area (Å²) in [6.45, 7) is 0. The molecule has 0 aromatic carbocycles. The third-order valence-corrected chi connectivity index (χ3v) is 2.92. The van der Waals surface area contributed by atoms with E-state index in [0.29, 0.717) is 0 Å². The van der Waals surface area contributed by atoms with Crippen LogP contribution in [0.2, 0.25) is 0 Å². The zero-order valence-corrected chi connectivity index (χ0v) is 7.98. The van der Waals surface area contributed by atoms with Gasteiger partial charge in [0.1, 0.15) is 5.82 Å². The van der Waals surface area contributed by atoms with Crippen LogP contribution in [0, 0.1) is 0 Å². The van der Waals surface area contributed by atoms with Crippen LogP contribution in [-0.4, -0.2) is 20.8 Å². The second-order valence-electron chi connectivity index (χ2n) is 3.85. The molecule has 3 nitrogen and oxygen atoms in total. The zero-order valence-electron chi connectivity index (χ0n) is 7.98. The number of aryl methyl sites for hydroxylation is 1. The van der Waals surface area contributed by atoms with Gasteiger partial charge in [0.2, 0.25) is 0 Å². The number of aliphatic hydroxyl groups is 1. The van der Waals surface area contributed by atoms with Crippen molar-refractivity contribution in [2.24, 2.45) is 7.05 Å². The minimum absolute atomic E-state index is 0.185. The van der Waals surface area contributed by atoms with E-state index in [1.807, 2.05) is 17.8 Å². The summed E-state index contributed by atoms with van der Waals surface area (Å²) in [7, 11) is 1.99. The highest BCUT2D eigenvalue weighted by molar-refractivity contribution is 5.03. The second-order valence-corrected chi connectivity index (χ2v) is 3.85. The molecule has 1 fully saturated rings. The van der Waals surface area contributed by atoms with Crippen LogP contribution in [0.4, 0.5) is 0 Å². The number of aliphatic hydroxyl groups excluding tert-OH is 1. The van der Waals surface area contributed by atoms with Crippen molar-refractivity contribution in [1.29, 1.82) is 0 Å². The molecule has 0 amide bonds. The Balaban J connectivity index is 2.19. The van der Waals surface area contributed by atoms with Crippen LogP contribution in [0.15, 0.2) is 12.4 Å². The summed E-state index contributed by atoms with van der Waals surface area (Å²) < 4.78 is 2.01. The Morgan fingerprint density at radius 3 is 2.85 bits per heavy atom. The zero-order chi connectivity index (χ0) is 9.26. The van der Waals surface area contributed by atoms with Crippen molar-refractivity contribution < 1.29 is 5.11 Å². The van der Waals surface area contributed by atoms with Crippen LogP contribution < -0.4 is 0 Å². The molecule has 1 aromatic rings. The molecule has 1 N–H and O–H groups in total. The first-order chi connectivity index (χ1) is 6.29. The lowest BCUT2D eigenvalue weighted by atomic mass is 9.86. The fourth-order valence-corrected chi connectivity index (χ4v) is 2.15. The standard InChI is InChI=1S/C10H16N2O/c1-12-7-6-11-10(12)8-4-2-3-5-9(8)13/h6-9,13H,2-5H2,1H3/t8-,9-/m1/s1. The first-order valence-electron chi connectivity index (χ1n) is 4.94. The third-order valence-electron chi connectivity index (χ3n) is 2.92. The van der Waals surface area contributed by atoms with Gasteiger partial charge in [-0.15, -0.1) is 0 Å². The maximum atomic E-state index is 9.81. The van der Waals surface area contributed by atoms with Crippen molar-refractivity contribution in [2.45, 2.75) is 37.7 Å². The first-order valence-corrected chi connectivity index (χ1v) is 4.94. The molecule has 0 radical (unpaired) electrons. The van der Waals surface area contributed by atoms with Gasteiger partial charge in [0.05, 0.1) is 6.10 Å². The molecule has 0 spiro atoms. The van der Waals surface area contributed by atoms with Crippen molar-refractivity contribution >= 4 is 0 Å². The van der Waals surface area contributed by atoms with Gasteiger partial charge in [-0.25, -0.2) is 4.98 Å². The lowest BCUT2D eigenvalue weighted by Crippen LogP contribution is -2.24. The second kappa shape index (κ2) is 3.50. The van der Waals surface area contributed by atoms with Gasteiger partial charge in [0.15, 0.2) is 0 Å². The normalized spacial score (nSPS) is 29.1. The van der Waals surface area contributed by atoms with Crippen LogP contribution in [0.3, 0.4) is 0 Å². The lowest BCUT2D eigenvalue weighted by Gasteiger charge is -2.26. The Hall–Kier alpha value is -0.830. The van der Waals surface area contributed by atoms with Crippen molar-refractivity contribution in [2.75, 3.05) is 0 Å². The van der Waals surface area contributed by atoms with Gasteiger partial charge in [-0.1, -0.05) is 12.8 Å². The lowest BCUT2D eigenvalue weighted by molar-refractivity contribution is 0.101. The number of aromatic nitrogens is 2. The molecule has 3 heteroatoms. The maximum absolute atomic E-state index is 9.81. The van der Waals surface area contributed by atoms with E-state index in [2.05, 4.69) is 4.98 Å². The maximum Gasteiger partial charge on any atom is 0.114 e. The van der Waals surface area contributed by atoms with Gasteiger partial charge in [-0.2, -0.15) is 0 Å². The largest absolute Gasteiger partial charge is 0.392 e. The van der Waals surface area contributed by atoms with E-state index in [9.17, 15) is 5.11 Å². The SMILES string of the molecule is Cn1ccnc1[C@@H]1CCCC[C@H]1O. The summed E-state index contributed by atoms with van der Waals surface area (Å²) in [4.78, 5) is 4.29. The number of hydrogen-bond donors (Lipinski definition) is 1. The number of hydrogen-bond acceptors (Lipinski definition) is 2. The monoisotopic (exact) mass is 180 g/mol. The van der Waals surface area contributed by atoms with Gasteiger partial charge in [-0.3, -0.25) is 0 Å². The minimum atomic E-state index is -0.185. The molecule has 1 heterocycles. The van der Waals surface area contributed by atoms with Crippen molar-refractivity contribution in [3.63, 3.8) is 0 Å². The summed E-state index contributed by atoms with van der Waals surface area (Å²) in [6, 6.07) is 0. The first kappa shape index (κ1) is 8.75. The summed E-state index contributed by atoms with van der Waals surface area (Å²) in [5.74, 6) is 1.29. The Morgan fingerprint density at radius 1 is 1.46 bits per heavy atom. The Morgan fingerprint density at radius 2 is 2.23 bits per heavy atom. The smallest absolute Gasteiger partial charge is 0.114 e. The highest BCUT2D eigenvalue weighted by Crippen LogP contribution is 2.31. The minimum Gasteiger partial charge on any atom is -0.392 e. The molecule has 2 rings (SSSR count). The van der Waals surface area contributed by atoms with Gasteiger partial charge in [0.25, 0.3) is 0 Å². The van der Waals surface area contributed by atoms with Crippen molar-refractivity contribution in [3.05, 3.63) is 18.2 Å². The molecule has 1 aliphatic carbocycles. The van der Waals surface area contributed by atoms with E-state index in [0.717, 1.165) is 25.1 Å². The predicted molar refractivity (Wildman–Crippen MR) is 50.4 cm³/mol. The number of nitrogens with zero attached hydrogens (tertiary/aromatic N) is 2. The molecule has 0 unspecified atom stereocenters. The molecule has 0 bridgehead atoms. The molecule has 0 aliphatic heterocycles. The number of imidazole rings is 1. The van der Waals surface area contributed by atoms with Gasteiger partial charge >= 0.3 is 0 Å². The fourth-order valence-electron chi connectivity index (χ4n) is 2.15. The van der Waals surface area contributed by atoms with Crippen LogP contribution in [0.5, 0.6) is 0 Å². The molecule has 2 atom stereocenters. The molecule has 72 valence electrons. The molecule has 1 aromatic heterocycles. The van der Waals surface area contributed by atoms with E-state index in [-0.39, 0.29) is 12.0 Å². The van der Waals surface area contributed by atoms with E-state index >= 15 is 0 Å². The molecule has 0 saturated heterocycles. The van der Waals surface area contributed by atoms with E-state index < -0.39 is 0 Å². The van der Waals surface area contributed by atoms with E-state index in [4.69, 9.17) is 0 Å². The Labute approximate surface area is 78.4 Å². The van der Waals surface area contributed by atoms with Gasteiger partial charge in [0, 0.05) is 25.4 Å². The number of rotatable bonds is 1. The summed E-state index contributed by atoms with van der Waals surface area (Å²) in [5, 5.41) is 9.81. The summed E-state index contributed by atoms with van der Waals surface area (Å²) >= 11 is 0. The van der Waals surface area contributed by atoms with E-state index in [1.54, 1.807) is 6.20 Å². The third kappa shape index (κ3) is 1.61. The van der Waals surface area contributed by atoms with Gasteiger partial charge < -0.3 is 9.67 Å². The van der Waals surface area contributed by atoms with Gasteiger partial charge in [-0.05, 0) is 12.8 Å². The summed E-state index contributed by atoms with van der Waals surface area (Å²) in [6.07, 6.45) is 7.93. The summed E-state index contributed by atoms with van der Waals surface area (Å²) in [5.41, 5.74) is 0. The molecule has 1 aliphatic rings. The average Bonchev–Trinajstić information content (AvgIpc) is 2.52. The molecular weight excluding hydrogens is 164 g/mol. The van der Waals surface area contributed by atoms with Crippen LogP contribution in [0.25, 0.3) is 0 Å². The van der Waals surface area contributed by atoms with Crippen LogP contribution in [0.1, 0.15) is 37.4 Å². The average molecular weight is 180 g/mol. The van der Waals surface area contributed by atoms with Crippen LogP contribution >= 0.6 is 0 Å².